The molecule has 1 unspecified atom stereocenters. The first-order chi connectivity index (χ1) is 5.77. The maximum absolute atomic E-state index is 5.75. The van der Waals surface area contributed by atoms with E-state index in [0.717, 1.165) is 19.1 Å². The topological polar surface area (TPSA) is 29.3 Å². The lowest BCUT2D eigenvalue weighted by molar-refractivity contribution is 0.0848. The number of hydrogen-bond donors (Lipinski definition) is 1. The summed E-state index contributed by atoms with van der Waals surface area (Å²) >= 11 is 0. The van der Waals surface area contributed by atoms with Crippen LogP contribution in [0.25, 0.3) is 0 Å². The van der Waals surface area contributed by atoms with Crippen LogP contribution in [0.15, 0.2) is 0 Å². The van der Waals surface area contributed by atoms with E-state index >= 15 is 0 Å². The Morgan fingerprint density at radius 2 is 2.08 bits per heavy atom. The Balaban J connectivity index is 2.16. The van der Waals surface area contributed by atoms with Gasteiger partial charge in [0.15, 0.2) is 0 Å². The van der Waals surface area contributed by atoms with Crippen LogP contribution in [0, 0.1) is 0 Å². The average Bonchev–Trinajstić information content (AvgIpc) is 2.02. The number of nitrogens with zero attached hydrogens (tertiary/aromatic N) is 1. The Labute approximate surface area is 76.1 Å². The van der Waals surface area contributed by atoms with Gasteiger partial charge in [-0.05, 0) is 12.8 Å². The van der Waals surface area contributed by atoms with Gasteiger partial charge in [-0.25, -0.2) is 0 Å². The van der Waals surface area contributed by atoms with Gasteiger partial charge in [0.05, 0.1) is 0 Å². The molecule has 1 rings (SSSR count). The van der Waals surface area contributed by atoms with Gasteiger partial charge in [0, 0.05) is 25.2 Å². The van der Waals surface area contributed by atoms with Crippen LogP contribution in [-0.4, -0.2) is 30.1 Å². The molecule has 0 aromatic heterocycles. The minimum absolute atomic E-state index is 0.459. The number of unbranched alkanes of at least 4 members (excludes halogenated alkanes) is 1. The summed E-state index contributed by atoms with van der Waals surface area (Å²) in [4.78, 5) is 2.53. The summed E-state index contributed by atoms with van der Waals surface area (Å²) in [5.74, 6) is 0. The third-order valence-electron chi connectivity index (χ3n) is 2.82. The van der Waals surface area contributed by atoms with E-state index in [4.69, 9.17) is 5.73 Å². The Bertz CT molecular complexity index is 119. The second kappa shape index (κ2) is 4.83. The molecule has 12 heavy (non-hydrogen) atoms. The Hall–Kier alpha value is -0.0800. The molecule has 0 bridgehead atoms. The fourth-order valence-electron chi connectivity index (χ4n) is 1.93. The molecular formula is C10H22N2. The van der Waals surface area contributed by atoms with Gasteiger partial charge >= 0.3 is 0 Å². The fourth-order valence-corrected chi connectivity index (χ4v) is 1.93. The van der Waals surface area contributed by atoms with Crippen LogP contribution in [0.4, 0.5) is 0 Å². The van der Waals surface area contributed by atoms with Gasteiger partial charge in [-0.3, -0.25) is 4.90 Å². The van der Waals surface area contributed by atoms with E-state index in [2.05, 4.69) is 18.7 Å². The predicted molar refractivity (Wildman–Crippen MR) is 53.2 cm³/mol. The molecule has 0 radical (unpaired) electrons. The zero-order valence-corrected chi connectivity index (χ0v) is 8.42. The first-order valence-electron chi connectivity index (χ1n) is 5.27. The van der Waals surface area contributed by atoms with Crippen LogP contribution in [-0.2, 0) is 0 Å². The van der Waals surface area contributed by atoms with Crippen LogP contribution < -0.4 is 5.73 Å². The molecule has 1 saturated heterocycles. The summed E-state index contributed by atoms with van der Waals surface area (Å²) in [6.07, 6.45) is 5.33. The molecule has 2 N–H and O–H groups in total. The highest BCUT2D eigenvalue weighted by molar-refractivity contribution is 4.87. The van der Waals surface area contributed by atoms with E-state index in [1.807, 2.05) is 0 Å². The molecule has 0 spiro atoms. The Morgan fingerprint density at radius 1 is 1.42 bits per heavy atom. The molecule has 0 aromatic rings. The molecule has 1 aliphatic rings. The summed E-state index contributed by atoms with van der Waals surface area (Å²) in [7, 11) is 0. The van der Waals surface area contributed by atoms with E-state index in [1.54, 1.807) is 0 Å². The van der Waals surface area contributed by atoms with Gasteiger partial charge in [-0.2, -0.15) is 0 Å². The van der Waals surface area contributed by atoms with Crippen molar-refractivity contribution < 1.29 is 0 Å². The third kappa shape index (κ3) is 2.46. The molecule has 1 heterocycles. The van der Waals surface area contributed by atoms with Gasteiger partial charge in [0.2, 0.25) is 0 Å². The largest absolute Gasteiger partial charge is 0.325 e. The quantitative estimate of drug-likeness (QED) is 0.679. The lowest BCUT2D eigenvalue weighted by Crippen LogP contribution is -2.59. The molecule has 0 saturated carbocycles. The van der Waals surface area contributed by atoms with E-state index < -0.39 is 0 Å². The van der Waals surface area contributed by atoms with Crippen molar-refractivity contribution in [3.05, 3.63) is 0 Å². The summed E-state index contributed by atoms with van der Waals surface area (Å²) < 4.78 is 0. The predicted octanol–water partition coefficient (Wildman–Crippen LogP) is 1.60. The van der Waals surface area contributed by atoms with Crippen LogP contribution in [0.5, 0.6) is 0 Å². The van der Waals surface area contributed by atoms with Gasteiger partial charge in [0.1, 0.15) is 0 Å². The van der Waals surface area contributed by atoms with Gasteiger partial charge in [-0.1, -0.05) is 26.7 Å². The summed E-state index contributed by atoms with van der Waals surface area (Å²) in [6.45, 7) is 6.79. The molecule has 0 aliphatic carbocycles. The fraction of sp³-hybridized carbons (Fsp3) is 1.00. The molecular weight excluding hydrogens is 148 g/mol. The van der Waals surface area contributed by atoms with Crippen molar-refractivity contribution in [2.75, 3.05) is 13.1 Å². The van der Waals surface area contributed by atoms with Crippen molar-refractivity contribution in [2.24, 2.45) is 5.73 Å². The van der Waals surface area contributed by atoms with Crippen LogP contribution >= 0.6 is 0 Å². The first kappa shape index (κ1) is 10.0. The maximum atomic E-state index is 5.75. The highest BCUT2D eigenvalue weighted by Gasteiger charge is 2.27. The van der Waals surface area contributed by atoms with Crippen molar-refractivity contribution >= 4 is 0 Å². The molecule has 1 fully saturated rings. The molecule has 1 aliphatic heterocycles. The zero-order valence-electron chi connectivity index (χ0n) is 8.42. The van der Waals surface area contributed by atoms with Crippen LogP contribution in [0.3, 0.4) is 0 Å². The molecule has 2 heteroatoms. The smallest absolute Gasteiger partial charge is 0.0297 e. The van der Waals surface area contributed by atoms with Gasteiger partial charge < -0.3 is 5.73 Å². The maximum Gasteiger partial charge on any atom is 0.0297 e. The second-order valence-electron chi connectivity index (χ2n) is 3.92. The number of nitrogens with two attached hydrogens (primary N) is 1. The number of hydrogen-bond acceptors (Lipinski definition) is 2. The van der Waals surface area contributed by atoms with Crippen molar-refractivity contribution in [1.82, 2.24) is 4.90 Å². The lowest BCUT2D eigenvalue weighted by atomic mass is 10.00. The van der Waals surface area contributed by atoms with Crippen molar-refractivity contribution in [1.29, 1.82) is 0 Å². The van der Waals surface area contributed by atoms with E-state index in [9.17, 15) is 0 Å². The normalized spacial score (nSPS) is 22.2. The standard InChI is InChI=1S/C10H22N2/c1-3-5-6-10(4-2)12-7-9(11)8-12/h9-10H,3-8,11H2,1-2H3. The third-order valence-corrected chi connectivity index (χ3v) is 2.82. The van der Waals surface area contributed by atoms with Crippen LogP contribution in [0.2, 0.25) is 0 Å². The lowest BCUT2D eigenvalue weighted by Gasteiger charge is -2.42. The highest BCUT2D eigenvalue weighted by Crippen LogP contribution is 2.17. The summed E-state index contributed by atoms with van der Waals surface area (Å²) in [5.41, 5.74) is 5.75. The Kier molecular flexibility index (Phi) is 4.02. The van der Waals surface area contributed by atoms with E-state index in [-0.39, 0.29) is 0 Å². The molecule has 0 aromatic carbocycles. The minimum Gasteiger partial charge on any atom is -0.325 e. The SMILES string of the molecule is CCCCC(CC)N1CC(N)C1. The highest BCUT2D eigenvalue weighted by atomic mass is 15.2. The van der Waals surface area contributed by atoms with Gasteiger partial charge in [-0.15, -0.1) is 0 Å². The average molecular weight is 170 g/mol. The molecule has 2 nitrogen and oxygen atoms in total. The van der Waals surface area contributed by atoms with Crippen molar-refractivity contribution in [3.8, 4) is 0 Å². The minimum atomic E-state index is 0.459. The van der Waals surface area contributed by atoms with Crippen LogP contribution in [0.1, 0.15) is 39.5 Å². The van der Waals surface area contributed by atoms with Crippen molar-refractivity contribution in [3.63, 3.8) is 0 Å². The Morgan fingerprint density at radius 3 is 2.50 bits per heavy atom. The summed E-state index contributed by atoms with van der Waals surface area (Å²) in [6, 6.07) is 1.27. The molecule has 1 atom stereocenters. The van der Waals surface area contributed by atoms with E-state index in [0.29, 0.717) is 6.04 Å². The second-order valence-corrected chi connectivity index (χ2v) is 3.92. The van der Waals surface area contributed by atoms with Crippen molar-refractivity contribution in [2.45, 2.75) is 51.6 Å². The monoisotopic (exact) mass is 170 g/mol. The number of likely N-dealkylation sites (tertiary alicyclic amines) is 1. The zero-order chi connectivity index (χ0) is 8.97. The molecule has 0 amide bonds. The summed E-state index contributed by atoms with van der Waals surface area (Å²) in [5, 5.41) is 0. The first-order valence-corrected chi connectivity index (χ1v) is 5.27. The number of rotatable bonds is 5. The van der Waals surface area contributed by atoms with E-state index in [1.165, 1.54) is 25.7 Å². The molecule has 72 valence electrons. The van der Waals surface area contributed by atoms with Gasteiger partial charge in [0.25, 0.3) is 0 Å².